The molecule has 0 spiro atoms. The first-order chi connectivity index (χ1) is 9.64. The van der Waals surface area contributed by atoms with E-state index >= 15 is 0 Å². The SMILES string of the molecule is CCOC(=O)OC(=O)[C@@H]1C[C@@H](O)CN1C(=O)OC(C)(C)C. The second-order valence-corrected chi connectivity index (χ2v) is 5.64. The molecule has 1 amide bonds. The van der Waals surface area contributed by atoms with Crippen LogP contribution in [0.15, 0.2) is 0 Å². The number of carbonyl (C=O) groups excluding carboxylic acids is 3. The lowest BCUT2D eigenvalue weighted by Gasteiger charge is -2.27. The molecule has 0 bridgehead atoms. The van der Waals surface area contributed by atoms with E-state index < -0.39 is 36.0 Å². The van der Waals surface area contributed by atoms with Gasteiger partial charge in [0.05, 0.1) is 19.3 Å². The number of hydrogen-bond donors (Lipinski definition) is 1. The molecule has 120 valence electrons. The summed E-state index contributed by atoms with van der Waals surface area (Å²) in [6.07, 6.45) is -2.77. The van der Waals surface area contributed by atoms with E-state index in [1.807, 2.05) is 0 Å². The predicted octanol–water partition coefficient (Wildman–Crippen LogP) is 1.06. The van der Waals surface area contributed by atoms with Gasteiger partial charge in [0.1, 0.15) is 11.6 Å². The van der Waals surface area contributed by atoms with Crippen molar-refractivity contribution in [2.24, 2.45) is 0 Å². The Hall–Kier alpha value is -1.83. The Labute approximate surface area is 122 Å². The molecule has 0 aromatic carbocycles. The summed E-state index contributed by atoms with van der Waals surface area (Å²) in [7, 11) is 0. The highest BCUT2D eigenvalue weighted by Gasteiger charge is 2.42. The summed E-state index contributed by atoms with van der Waals surface area (Å²) in [6, 6.07) is -1.07. The molecule has 0 radical (unpaired) electrons. The Morgan fingerprint density at radius 1 is 1.29 bits per heavy atom. The van der Waals surface area contributed by atoms with Gasteiger partial charge in [0.15, 0.2) is 0 Å². The van der Waals surface area contributed by atoms with Crippen LogP contribution in [0.1, 0.15) is 34.1 Å². The average Bonchev–Trinajstić information content (AvgIpc) is 2.69. The molecule has 0 aromatic rings. The van der Waals surface area contributed by atoms with Crippen molar-refractivity contribution < 1.29 is 33.7 Å². The van der Waals surface area contributed by atoms with Gasteiger partial charge in [0.25, 0.3) is 0 Å². The Morgan fingerprint density at radius 3 is 2.43 bits per heavy atom. The number of aliphatic hydroxyl groups is 1. The second-order valence-electron chi connectivity index (χ2n) is 5.64. The first-order valence-corrected chi connectivity index (χ1v) is 6.70. The first-order valence-electron chi connectivity index (χ1n) is 6.70. The van der Waals surface area contributed by atoms with E-state index in [4.69, 9.17) is 4.74 Å². The van der Waals surface area contributed by atoms with E-state index in [9.17, 15) is 19.5 Å². The van der Waals surface area contributed by atoms with Crippen molar-refractivity contribution in [1.82, 2.24) is 4.90 Å². The van der Waals surface area contributed by atoms with Crippen LogP contribution in [0.2, 0.25) is 0 Å². The molecular weight excluding hydrogens is 282 g/mol. The first kappa shape index (κ1) is 17.2. The average molecular weight is 303 g/mol. The highest BCUT2D eigenvalue weighted by Crippen LogP contribution is 2.22. The van der Waals surface area contributed by atoms with Gasteiger partial charge in [-0.3, -0.25) is 4.90 Å². The molecule has 1 aliphatic heterocycles. The highest BCUT2D eigenvalue weighted by atomic mass is 16.7. The number of esters is 1. The topological polar surface area (TPSA) is 102 Å². The molecule has 2 atom stereocenters. The fraction of sp³-hybridized carbons (Fsp3) is 0.769. The monoisotopic (exact) mass is 303 g/mol. The number of β-amino-alcohol motifs (C(OH)–C–C–N with tert-alkyl or cyclic N) is 1. The number of rotatable bonds is 2. The largest absolute Gasteiger partial charge is 0.516 e. The van der Waals surface area contributed by atoms with Crippen LogP contribution in [0.5, 0.6) is 0 Å². The number of carbonyl (C=O) groups is 3. The van der Waals surface area contributed by atoms with E-state index in [1.165, 1.54) is 0 Å². The quantitative estimate of drug-likeness (QED) is 0.601. The van der Waals surface area contributed by atoms with Crippen molar-refractivity contribution in [2.75, 3.05) is 13.2 Å². The Balaban J connectivity index is 2.72. The van der Waals surface area contributed by atoms with Crippen molar-refractivity contribution >= 4 is 18.2 Å². The van der Waals surface area contributed by atoms with Crippen LogP contribution in [-0.2, 0) is 19.0 Å². The molecule has 1 fully saturated rings. The van der Waals surface area contributed by atoms with Crippen LogP contribution in [-0.4, -0.2) is 59.1 Å². The van der Waals surface area contributed by atoms with Gasteiger partial charge in [-0.25, -0.2) is 14.4 Å². The number of amides is 1. The lowest BCUT2D eigenvalue weighted by molar-refractivity contribution is -0.144. The zero-order valence-electron chi connectivity index (χ0n) is 12.6. The molecule has 1 rings (SSSR count). The van der Waals surface area contributed by atoms with Gasteiger partial charge in [-0.1, -0.05) is 0 Å². The minimum Gasteiger partial charge on any atom is -0.444 e. The minimum atomic E-state index is -1.13. The van der Waals surface area contributed by atoms with Gasteiger partial charge in [-0.05, 0) is 27.7 Å². The number of likely N-dealkylation sites (tertiary alicyclic amines) is 1. The molecule has 8 nitrogen and oxygen atoms in total. The van der Waals surface area contributed by atoms with Gasteiger partial charge < -0.3 is 19.3 Å². The number of hydrogen-bond acceptors (Lipinski definition) is 7. The van der Waals surface area contributed by atoms with Crippen molar-refractivity contribution in [3.05, 3.63) is 0 Å². The van der Waals surface area contributed by atoms with E-state index in [-0.39, 0.29) is 19.6 Å². The number of aliphatic hydroxyl groups excluding tert-OH is 1. The molecule has 0 aliphatic carbocycles. The van der Waals surface area contributed by atoms with Gasteiger partial charge in [-0.15, -0.1) is 0 Å². The van der Waals surface area contributed by atoms with Crippen molar-refractivity contribution in [3.63, 3.8) is 0 Å². The lowest BCUT2D eigenvalue weighted by atomic mass is 10.2. The summed E-state index contributed by atoms with van der Waals surface area (Å²) in [4.78, 5) is 36.1. The fourth-order valence-electron chi connectivity index (χ4n) is 1.86. The Kier molecular flexibility index (Phi) is 5.54. The Morgan fingerprint density at radius 2 is 1.90 bits per heavy atom. The second kappa shape index (κ2) is 6.75. The summed E-state index contributed by atoms with van der Waals surface area (Å²) in [5, 5.41) is 9.63. The molecule has 1 heterocycles. The van der Waals surface area contributed by atoms with E-state index in [2.05, 4.69) is 9.47 Å². The van der Waals surface area contributed by atoms with E-state index in [0.29, 0.717) is 0 Å². The molecule has 8 heteroatoms. The third kappa shape index (κ3) is 5.22. The minimum absolute atomic E-state index is 0.0164. The van der Waals surface area contributed by atoms with Crippen LogP contribution >= 0.6 is 0 Å². The van der Waals surface area contributed by atoms with Gasteiger partial charge in [-0.2, -0.15) is 0 Å². The summed E-state index contributed by atoms with van der Waals surface area (Å²) in [6.45, 7) is 6.63. The molecule has 21 heavy (non-hydrogen) atoms. The van der Waals surface area contributed by atoms with E-state index in [1.54, 1.807) is 27.7 Å². The maximum Gasteiger partial charge on any atom is 0.516 e. The zero-order chi connectivity index (χ0) is 16.2. The molecule has 0 unspecified atom stereocenters. The van der Waals surface area contributed by atoms with Gasteiger partial charge in [0.2, 0.25) is 0 Å². The summed E-state index contributed by atoms with van der Waals surface area (Å²) < 4.78 is 14.1. The molecule has 1 N–H and O–H groups in total. The molecule has 0 aromatic heterocycles. The molecular formula is C13H21NO7. The molecule has 1 saturated heterocycles. The number of ether oxygens (including phenoxy) is 3. The van der Waals surface area contributed by atoms with Gasteiger partial charge >= 0.3 is 18.2 Å². The summed E-state index contributed by atoms with van der Waals surface area (Å²) in [5.74, 6) is -0.948. The van der Waals surface area contributed by atoms with Crippen LogP contribution in [0, 0.1) is 0 Å². The maximum absolute atomic E-state index is 12.0. The van der Waals surface area contributed by atoms with Gasteiger partial charge in [0, 0.05) is 6.42 Å². The number of nitrogens with zero attached hydrogens (tertiary/aromatic N) is 1. The summed E-state index contributed by atoms with van der Waals surface area (Å²) in [5.41, 5.74) is -0.736. The van der Waals surface area contributed by atoms with Crippen molar-refractivity contribution in [2.45, 2.75) is 51.9 Å². The summed E-state index contributed by atoms with van der Waals surface area (Å²) >= 11 is 0. The normalized spacial score (nSPS) is 21.9. The van der Waals surface area contributed by atoms with Crippen LogP contribution < -0.4 is 0 Å². The van der Waals surface area contributed by atoms with Crippen LogP contribution in [0.3, 0.4) is 0 Å². The van der Waals surface area contributed by atoms with Crippen molar-refractivity contribution in [3.8, 4) is 0 Å². The molecule has 0 saturated carbocycles. The van der Waals surface area contributed by atoms with Crippen LogP contribution in [0.25, 0.3) is 0 Å². The smallest absolute Gasteiger partial charge is 0.444 e. The predicted molar refractivity (Wildman–Crippen MR) is 70.5 cm³/mol. The standard InChI is InChI=1S/C13H21NO7/c1-5-19-12(18)20-10(16)9-6-8(15)7-14(9)11(17)21-13(2,3)4/h8-9,15H,5-7H2,1-4H3/t8-,9+/m1/s1. The third-order valence-electron chi connectivity index (χ3n) is 2.63. The highest BCUT2D eigenvalue weighted by molar-refractivity contribution is 5.88. The maximum atomic E-state index is 12.0. The van der Waals surface area contributed by atoms with Crippen LogP contribution in [0.4, 0.5) is 9.59 Å². The van der Waals surface area contributed by atoms with E-state index in [0.717, 1.165) is 4.90 Å². The fourth-order valence-corrected chi connectivity index (χ4v) is 1.86. The molecule has 1 aliphatic rings. The lowest BCUT2D eigenvalue weighted by Crippen LogP contribution is -2.44. The zero-order valence-corrected chi connectivity index (χ0v) is 12.6. The van der Waals surface area contributed by atoms with Crippen molar-refractivity contribution in [1.29, 1.82) is 0 Å². The Bertz CT molecular complexity index is 415. The third-order valence-corrected chi connectivity index (χ3v) is 2.63.